The van der Waals surface area contributed by atoms with Gasteiger partial charge in [-0.05, 0) is 48.9 Å². The van der Waals surface area contributed by atoms with E-state index in [2.05, 4.69) is 20.7 Å². The highest BCUT2D eigenvalue weighted by Gasteiger charge is 2.05. The Balaban J connectivity index is 1.34. The van der Waals surface area contributed by atoms with Gasteiger partial charge in [0, 0.05) is 0 Å². The summed E-state index contributed by atoms with van der Waals surface area (Å²) in [5.41, 5.74) is 3.35. The third-order valence-electron chi connectivity index (χ3n) is 3.48. The van der Waals surface area contributed by atoms with Gasteiger partial charge in [-0.2, -0.15) is 5.10 Å². The first-order valence-electron chi connectivity index (χ1n) is 8.84. The van der Waals surface area contributed by atoms with Crippen LogP contribution in [0.1, 0.15) is 10.6 Å². The molecule has 1 aromatic heterocycles. The Hall–Kier alpha value is -2.91. The molecule has 7 nitrogen and oxygen atoms in total. The molecular weight excluding hydrogens is 408 g/mol. The number of hydrogen-bond acceptors (Lipinski definition) is 8. The highest BCUT2D eigenvalue weighted by Crippen LogP contribution is 2.21. The number of aromatic nitrogens is 2. The smallest absolute Gasteiger partial charge is 0.250 e. The molecule has 0 saturated carbocycles. The summed E-state index contributed by atoms with van der Waals surface area (Å²) in [7, 11) is 0. The second-order valence-electron chi connectivity index (χ2n) is 5.75. The molecule has 0 bridgehead atoms. The highest BCUT2D eigenvalue weighted by molar-refractivity contribution is 8.01. The first kappa shape index (κ1) is 20.8. The molecule has 0 radical (unpaired) electrons. The number of rotatable bonds is 10. The summed E-state index contributed by atoms with van der Waals surface area (Å²) in [4.78, 5) is 11.8. The number of hydrazone groups is 1. The van der Waals surface area contributed by atoms with Gasteiger partial charge in [0.15, 0.2) is 4.34 Å². The van der Waals surface area contributed by atoms with Crippen molar-refractivity contribution in [3.05, 3.63) is 65.2 Å². The first-order valence-corrected chi connectivity index (χ1v) is 10.6. The number of thioether (sulfide) groups is 1. The average Bonchev–Trinajstić information content (AvgIpc) is 3.17. The Morgan fingerprint density at radius 3 is 2.41 bits per heavy atom. The van der Waals surface area contributed by atoms with Crippen molar-refractivity contribution >= 4 is 35.2 Å². The van der Waals surface area contributed by atoms with Crippen LogP contribution in [0.4, 0.5) is 0 Å². The maximum Gasteiger partial charge on any atom is 0.250 e. The monoisotopic (exact) mass is 428 g/mol. The molecule has 1 amide bonds. The van der Waals surface area contributed by atoms with Gasteiger partial charge in [-0.1, -0.05) is 41.3 Å². The molecule has 0 spiro atoms. The molecule has 0 aliphatic carbocycles. The van der Waals surface area contributed by atoms with Crippen molar-refractivity contribution in [2.45, 2.75) is 11.3 Å². The van der Waals surface area contributed by atoms with Crippen LogP contribution in [0.3, 0.4) is 0 Å². The minimum atomic E-state index is -0.197. The van der Waals surface area contributed by atoms with Crippen molar-refractivity contribution in [1.82, 2.24) is 15.6 Å². The molecule has 3 rings (SSSR count). The predicted octanol–water partition coefficient (Wildman–Crippen LogP) is 3.55. The molecule has 2 aromatic carbocycles. The zero-order valence-electron chi connectivity index (χ0n) is 15.8. The number of ether oxygens (including phenoxy) is 2. The van der Waals surface area contributed by atoms with Crippen molar-refractivity contribution in [1.29, 1.82) is 0 Å². The fourth-order valence-electron chi connectivity index (χ4n) is 2.16. The predicted molar refractivity (Wildman–Crippen MR) is 115 cm³/mol. The third-order valence-corrected chi connectivity index (χ3v) is 5.45. The standard InChI is InChI=1S/C20H20N4O3S2/c1-15-22-24-20(29-15)28-14-19(25)23-21-13-16-7-9-18(10-8-16)27-12-11-26-17-5-3-2-4-6-17/h2-10,13H,11-12,14H2,1H3,(H,23,25)/b21-13+. The van der Waals surface area contributed by atoms with Gasteiger partial charge < -0.3 is 9.47 Å². The van der Waals surface area contributed by atoms with E-state index in [9.17, 15) is 4.79 Å². The SMILES string of the molecule is Cc1nnc(SCC(=O)N/N=C/c2ccc(OCCOc3ccccc3)cc2)s1. The van der Waals surface area contributed by atoms with Gasteiger partial charge >= 0.3 is 0 Å². The second kappa shape index (κ2) is 11.2. The summed E-state index contributed by atoms with van der Waals surface area (Å²) in [6.45, 7) is 2.79. The molecule has 0 fully saturated rings. The molecule has 0 aliphatic rings. The lowest BCUT2D eigenvalue weighted by Gasteiger charge is -2.08. The van der Waals surface area contributed by atoms with Crippen LogP contribution in [0, 0.1) is 6.92 Å². The number of nitrogens with one attached hydrogen (secondary N) is 1. The Bertz CT molecular complexity index is 930. The zero-order chi connectivity index (χ0) is 20.3. The van der Waals surface area contributed by atoms with Crippen LogP contribution < -0.4 is 14.9 Å². The van der Waals surface area contributed by atoms with Gasteiger partial charge in [-0.25, -0.2) is 5.43 Å². The van der Waals surface area contributed by atoms with Gasteiger partial charge in [0.05, 0.1) is 12.0 Å². The normalized spacial score (nSPS) is 10.8. The molecule has 29 heavy (non-hydrogen) atoms. The fourth-order valence-corrected chi connectivity index (χ4v) is 3.77. The third kappa shape index (κ3) is 7.55. The minimum Gasteiger partial charge on any atom is -0.490 e. The van der Waals surface area contributed by atoms with E-state index in [0.717, 1.165) is 26.4 Å². The number of aryl methyl sites for hydroxylation is 1. The Kier molecular flexibility index (Phi) is 8.02. The van der Waals surface area contributed by atoms with Crippen molar-refractivity contribution in [3.63, 3.8) is 0 Å². The molecular formula is C20H20N4O3S2. The lowest BCUT2D eigenvalue weighted by Crippen LogP contribution is -2.19. The van der Waals surface area contributed by atoms with Crippen LogP contribution in [-0.4, -0.2) is 41.3 Å². The van der Waals surface area contributed by atoms with Crippen LogP contribution in [0.5, 0.6) is 11.5 Å². The molecule has 1 N–H and O–H groups in total. The molecule has 0 aliphatic heterocycles. The Morgan fingerprint density at radius 1 is 1.07 bits per heavy atom. The molecule has 3 aromatic rings. The number of nitrogens with zero attached hydrogens (tertiary/aromatic N) is 3. The van der Waals surface area contributed by atoms with E-state index < -0.39 is 0 Å². The van der Waals surface area contributed by atoms with E-state index >= 15 is 0 Å². The van der Waals surface area contributed by atoms with E-state index in [4.69, 9.17) is 9.47 Å². The number of benzene rings is 2. The summed E-state index contributed by atoms with van der Waals surface area (Å²) < 4.78 is 12.0. The summed E-state index contributed by atoms with van der Waals surface area (Å²) in [5.74, 6) is 1.61. The average molecular weight is 429 g/mol. The van der Waals surface area contributed by atoms with Gasteiger partial charge in [0.25, 0.3) is 5.91 Å². The van der Waals surface area contributed by atoms with E-state index in [1.54, 1.807) is 6.21 Å². The van der Waals surface area contributed by atoms with Crippen LogP contribution in [0.25, 0.3) is 0 Å². The van der Waals surface area contributed by atoms with Crippen molar-refractivity contribution in [2.75, 3.05) is 19.0 Å². The maximum absolute atomic E-state index is 11.8. The fraction of sp³-hybridized carbons (Fsp3) is 0.200. The van der Waals surface area contributed by atoms with E-state index in [1.807, 2.05) is 61.5 Å². The minimum absolute atomic E-state index is 0.197. The van der Waals surface area contributed by atoms with Gasteiger partial charge in [0.1, 0.15) is 29.7 Å². The largest absolute Gasteiger partial charge is 0.490 e. The van der Waals surface area contributed by atoms with Gasteiger partial charge in [-0.15, -0.1) is 10.2 Å². The Labute approximate surface area is 177 Å². The molecule has 0 atom stereocenters. The summed E-state index contributed by atoms with van der Waals surface area (Å²) >= 11 is 2.80. The lowest BCUT2D eigenvalue weighted by atomic mass is 10.2. The molecule has 150 valence electrons. The van der Waals surface area contributed by atoms with Crippen molar-refractivity contribution in [3.8, 4) is 11.5 Å². The number of para-hydroxylation sites is 1. The van der Waals surface area contributed by atoms with Crippen molar-refractivity contribution < 1.29 is 14.3 Å². The number of amides is 1. The summed E-state index contributed by atoms with van der Waals surface area (Å²) in [5, 5.41) is 12.7. The van der Waals surface area contributed by atoms with Gasteiger partial charge in [-0.3, -0.25) is 4.79 Å². The van der Waals surface area contributed by atoms with Crippen LogP contribution >= 0.6 is 23.1 Å². The highest BCUT2D eigenvalue weighted by atomic mass is 32.2. The summed E-state index contributed by atoms with van der Waals surface area (Å²) in [6.07, 6.45) is 1.58. The van der Waals surface area contributed by atoms with E-state index in [-0.39, 0.29) is 11.7 Å². The Morgan fingerprint density at radius 2 is 1.76 bits per heavy atom. The van der Waals surface area contributed by atoms with Gasteiger partial charge in [0.2, 0.25) is 0 Å². The van der Waals surface area contributed by atoms with Crippen LogP contribution in [0.15, 0.2) is 64.0 Å². The zero-order valence-corrected chi connectivity index (χ0v) is 17.4. The molecule has 0 unspecified atom stereocenters. The van der Waals surface area contributed by atoms with Crippen molar-refractivity contribution in [2.24, 2.45) is 5.10 Å². The molecule has 1 heterocycles. The molecule has 0 saturated heterocycles. The number of carbonyl (C=O) groups excluding carboxylic acids is 1. The van der Waals surface area contributed by atoms with E-state index in [0.29, 0.717) is 13.2 Å². The van der Waals surface area contributed by atoms with Crippen LogP contribution in [-0.2, 0) is 4.79 Å². The summed E-state index contributed by atoms with van der Waals surface area (Å²) in [6, 6.07) is 17.0. The maximum atomic E-state index is 11.8. The lowest BCUT2D eigenvalue weighted by molar-refractivity contribution is -0.118. The second-order valence-corrected chi connectivity index (χ2v) is 8.15. The number of carbonyl (C=O) groups is 1. The molecule has 9 heteroatoms. The quantitative estimate of drug-likeness (QED) is 0.230. The van der Waals surface area contributed by atoms with Crippen LogP contribution in [0.2, 0.25) is 0 Å². The topological polar surface area (TPSA) is 85.7 Å². The number of hydrogen-bond donors (Lipinski definition) is 1. The van der Waals surface area contributed by atoms with E-state index in [1.165, 1.54) is 23.1 Å². The first-order chi connectivity index (χ1) is 14.2.